The lowest BCUT2D eigenvalue weighted by Gasteiger charge is -2.63. The number of ether oxygens (including phenoxy) is 1. The molecular weight excluding hydrogens is 786 g/mol. The Hall–Kier alpha value is -5.59. The topological polar surface area (TPSA) is 181 Å². The number of nitriles is 1. The molecule has 5 heterocycles. The van der Waals surface area contributed by atoms with Crippen molar-refractivity contribution < 1.29 is 28.7 Å². The fourth-order valence-corrected chi connectivity index (χ4v) is 10.3. The predicted octanol–water partition coefficient (Wildman–Crippen LogP) is 4.44. The third kappa shape index (κ3) is 7.67. The highest BCUT2D eigenvalue weighted by Gasteiger charge is 2.64. The number of benzene rings is 2. The molecule has 8 rings (SSSR count). The summed E-state index contributed by atoms with van der Waals surface area (Å²) in [7, 11) is 0. The zero-order valence-electron chi connectivity index (χ0n) is 34.4. The number of piperazine rings is 1. The molecule has 0 radical (unpaired) electrons. The molecule has 5 amide bonds. The SMILES string of the molecule is CC1(C)[C@H](NC(=O)c2cnc(N3CCC(CCN4CCN(c5ccc6c(c5)C(=O)N(C5CCC(=O)NC5=O)C6=O)CC4)CC3)cn2)C(C)(C)[C@H]1Oc1ccc(C#N)c(Cl)c1. The number of fused-ring (bicyclic) bond motifs is 1. The van der Waals surface area contributed by atoms with Gasteiger partial charge in [0, 0.05) is 74.3 Å². The first kappa shape index (κ1) is 41.2. The lowest BCUT2D eigenvalue weighted by molar-refractivity contribution is -0.164. The summed E-state index contributed by atoms with van der Waals surface area (Å²) in [5.41, 5.74) is 1.33. The van der Waals surface area contributed by atoms with Crippen molar-refractivity contribution in [1.82, 2.24) is 30.4 Å². The van der Waals surface area contributed by atoms with Gasteiger partial charge < -0.3 is 19.9 Å². The van der Waals surface area contributed by atoms with Gasteiger partial charge in [0.2, 0.25) is 11.8 Å². The molecule has 4 aliphatic heterocycles. The Morgan fingerprint density at radius 1 is 0.900 bits per heavy atom. The second-order valence-electron chi connectivity index (χ2n) is 17.8. The smallest absolute Gasteiger partial charge is 0.271 e. The largest absolute Gasteiger partial charge is 0.489 e. The molecule has 1 aromatic heterocycles. The molecule has 3 saturated heterocycles. The lowest BCUT2D eigenvalue weighted by atomic mass is 9.49. The lowest BCUT2D eigenvalue weighted by Crippen LogP contribution is -2.74. The molecule has 0 bridgehead atoms. The Bertz CT molecular complexity index is 2240. The van der Waals surface area contributed by atoms with E-state index < -0.39 is 40.5 Å². The summed E-state index contributed by atoms with van der Waals surface area (Å²) in [6.45, 7) is 14.4. The monoisotopic (exact) mass is 835 g/mol. The molecule has 15 nitrogen and oxygen atoms in total. The molecule has 0 spiro atoms. The highest BCUT2D eigenvalue weighted by molar-refractivity contribution is 6.31. The van der Waals surface area contributed by atoms with Gasteiger partial charge in [-0.1, -0.05) is 39.3 Å². The van der Waals surface area contributed by atoms with E-state index in [0.717, 1.165) is 81.5 Å². The Morgan fingerprint density at radius 3 is 2.27 bits per heavy atom. The van der Waals surface area contributed by atoms with Crippen LogP contribution in [0.2, 0.25) is 5.02 Å². The van der Waals surface area contributed by atoms with E-state index in [-0.39, 0.29) is 42.2 Å². The van der Waals surface area contributed by atoms with Crippen LogP contribution in [-0.4, -0.2) is 113 Å². The minimum absolute atomic E-state index is 0.0880. The highest BCUT2D eigenvalue weighted by Crippen LogP contribution is 2.55. The third-order valence-electron chi connectivity index (χ3n) is 13.3. The average molecular weight is 836 g/mol. The zero-order chi connectivity index (χ0) is 42.5. The van der Waals surface area contributed by atoms with E-state index in [9.17, 15) is 29.2 Å². The second-order valence-corrected chi connectivity index (χ2v) is 18.2. The fourth-order valence-electron chi connectivity index (χ4n) is 10.1. The highest BCUT2D eigenvalue weighted by atomic mass is 35.5. The average Bonchev–Trinajstić information content (AvgIpc) is 3.49. The third-order valence-corrected chi connectivity index (χ3v) is 13.6. The molecule has 3 aromatic rings. The number of nitrogens with zero attached hydrogens (tertiary/aromatic N) is 7. The summed E-state index contributed by atoms with van der Waals surface area (Å²) < 4.78 is 6.36. The summed E-state index contributed by atoms with van der Waals surface area (Å²) in [4.78, 5) is 81.0. The predicted molar refractivity (Wildman–Crippen MR) is 223 cm³/mol. The summed E-state index contributed by atoms with van der Waals surface area (Å²) in [6.07, 6.45) is 6.45. The van der Waals surface area contributed by atoms with Crippen molar-refractivity contribution in [3.05, 3.63) is 76.2 Å². The summed E-state index contributed by atoms with van der Waals surface area (Å²) >= 11 is 6.24. The summed E-state index contributed by atoms with van der Waals surface area (Å²) in [5, 5.41) is 15.0. The van der Waals surface area contributed by atoms with E-state index >= 15 is 0 Å². The minimum atomic E-state index is -0.977. The Balaban J connectivity index is 0.769. The Labute approximate surface area is 354 Å². The van der Waals surface area contributed by atoms with E-state index in [1.165, 1.54) is 0 Å². The number of hydrogen-bond donors (Lipinski definition) is 2. The molecule has 2 N–H and O–H groups in total. The van der Waals surface area contributed by atoms with E-state index in [0.29, 0.717) is 27.8 Å². The zero-order valence-corrected chi connectivity index (χ0v) is 35.1. The van der Waals surface area contributed by atoms with Crippen LogP contribution >= 0.6 is 11.6 Å². The molecule has 16 heteroatoms. The Morgan fingerprint density at radius 2 is 1.62 bits per heavy atom. The van der Waals surface area contributed by atoms with Crippen molar-refractivity contribution >= 4 is 52.6 Å². The van der Waals surface area contributed by atoms with Crippen molar-refractivity contribution in [3.8, 4) is 11.8 Å². The maximum absolute atomic E-state index is 13.4. The van der Waals surface area contributed by atoms with Gasteiger partial charge in [0.05, 0.1) is 34.1 Å². The summed E-state index contributed by atoms with van der Waals surface area (Å²) in [5.74, 6) is -0.330. The van der Waals surface area contributed by atoms with Crippen LogP contribution in [0.5, 0.6) is 5.75 Å². The number of nitrogens with one attached hydrogen (secondary N) is 2. The summed E-state index contributed by atoms with van der Waals surface area (Å²) in [6, 6.07) is 11.2. The number of rotatable bonds is 10. The van der Waals surface area contributed by atoms with Crippen molar-refractivity contribution in [1.29, 1.82) is 5.26 Å². The van der Waals surface area contributed by atoms with Crippen molar-refractivity contribution in [2.75, 3.05) is 55.6 Å². The molecule has 4 fully saturated rings. The van der Waals surface area contributed by atoms with E-state index in [4.69, 9.17) is 16.3 Å². The molecular formula is C44H50ClN9O6. The van der Waals surface area contributed by atoms with Gasteiger partial charge in [-0.2, -0.15) is 5.26 Å². The number of piperidine rings is 2. The second kappa shape index (κ2) is 16.1. The molecule has 1 unspecified atom stereocenters. The van der Waals surface area contributed by atoms with Crippen molar-refractivity contribution in [3.63, 3.8) is 0 Å². The number of anilines is 2. The van der Waals surface area contributed by atoms with E-state index in [1.54, 1.807) is 42.7 Å². The van der Waals surface area contributed by atoms with Gasteiger partial charge in [0.25, 0.3) is 17.7 Å². The minimum Gasteiger partial charge on any atom is -0.489 e. The maximum atomic E-state index is 13.4. The van der Waals surface area contributed by atoms with Crippen molar-refractivity contribution in [2.45, 2.75) is 78.0 Å². The van der Waals surface area contributed by atoms with Crippen LogP contribution in [-0.2, 0) is 9.59 Å². The van der Waals surface area contributed by atoms with Crippen molar-refractivity contribution in [2.24, 2.45) is 16.7 Å². The van der Waals surface area contributed by atoms with Crippen LogP contribution in [0.15, 0.2) is 48.8 Å². The molecule has 314 valence electrons. The number of carbonyl (C=O) groups excluding carboxylic acids is 5. The van der Waals surface area contributed by atoms with E-state index in [1.807, 2.05) is 6.07 Å². The van der Waals surface area contributed by atoms with E-state index in [2.05, 4.69) is 69.1 Å². The van der Waals surface area contributed by atoms with Gasteiger partial charge in [-0.3, -0.25) is 39.1 Å². The number of hydrogen-bond acceptors (Lipinski definition) is 12. The molecule has 2 aromatic carbocycles. The first-order chi connectivity index (χ1) is 28.6. The van der Waals surface area contributed by atoms with Gasteiger partial charge in [0.15, 0.2) is 0 Å². The molecule has 60 heavy (non-hydrogen) atoms. The van der Waals surface area contributed by atoms with Crippen LogP contribution in [0.4, 0.5) is 11.5 Å². The van der Waals surface area contributed by atoms with Crippen LogP contribution in [0.3, 0.4) is 0 Å². The molecule has 1 atom stereocenters. The van der Waals surface area contributed by atoms with Gasteiger partial charge >= 0.3 is 0 Å². The van der Waals surface area contributed by atoms with Crippen LogP contribution in [0.25, 0.3) is 0 Å². The first-order valence-electron chi connectivity index (χ1n) is 20.7. The number of carbonyl (C=O) groups is 5. The standard InChI is InChI=1S/C44H50ClN9O6/c1-43(2)41(44(3,4)42(43)60-29-7-5-27(23-46)32(45)22-29)50-37(56)33-24-48-35(25-47-33)53-15-12-26(13-16-53)11-14-51-17-19-52(20-18-51)28-6-8-30-31(21-28)40(59)54(39(30)58)34-9-10-36(55)49-38(34)57/h5-8,21-22,24-26,34,41-42H,9-20H2,1-4H3,(H,50,56)(H,49,55,57)/t34?,41-,42-. The van der Waals surface area contributed by atoms with Gasteiger partial charge in [-0.15, -0.1) is 0 Å². The molecule has 5 aliphatic rings. The number of imide groups is 2. The van der Waals surface area contributed by atoms with Crippen LogP contribution < -0.4 is 25.2 Å². The fraction of sp³-hybridized carbons (Fsp3) is 0.500. The number of aromatic nitrogens is 2. The first-order valence-corrected chi connectivity index (χ1v) is 21.1. The number of amides is 5. The number of halogens is 1. The van der Waals surface area contributed by atoms with Gasteiger partial charge in [-0.25, -0.2) is 9.97 Å². The normalized spacial score (nSPS) is 24.1. The maximum Gasteiger partial charge on any atom is 0.271 e. The van der Waals surface area contributed by atoms with Gasteiger partial charge in [-0.05, 0) is 68.5 Å². The molecule has 1 saturated carbocycles. The van der Waals surface area contributed by atoms with Gasteiger partial charge in [0.1, 0.15) is 35.5 Å². The van der Waals surface area contributed by atoms with Crippen LogP contribution in [0, 0.1) is 28.1 Å². The van der Waals surface area contributed by atoms with Crippen LogP contribution in [0.1, 0.15) is 96.6 Å². The molecule has 1 aliphatic carbocycles. The Kier molecular flexibility index (Phi) is 11.1. The quantitative estimate of drug-likeness (QED) is 0.275.